The van der Waals surface area contributed by atoms with E-state index in [1.54, 1.807) is 17.0 Å². The number of nitrogens with one attached hydrogen (secondary N) is 1. The molecule has 1 aliphatic heterocycles. The van der Waals surface area contributed by atoms with Gasteiger partial charge in [0.2, 0.25) is 5.91 Å². The second kappa shape index (κ2) is 8.04. The maximum atomic E-state index is 12.2. The molecule has 1 saturated heterocycles. The molecule has 5 heteroatoms. The molecule has 0 spiro atoms. The smallest absolute Gasteiger partial charge is 0.251 e. The van der Waals surface area contributed by atoms with Gasteiger partial charge in [0.25, 0.3) is 5.91 Å². The second-order valence-corrected chi connectivity index (χ2v) is 6.50. The van der Waals surface area contributed by atoms with Crippen molar-refractivity contribution in [2.75, 3.05) is 24.6 Å². The van der Waals surface area contributed by atoms with Gasteiger partial charge in [0.1, 0.15) is 12.4 Å². The number of hydrogen-bond acceptors (Lipinski definition) is 3. The van der Waals surface area contributed by atoms with Gasteiger partial charge >= 0.3 is 0 Å². The highest BCUT2D eigenvalue weighted by Crippen LogP contribution is 2.22. The van der Waals surface area contributed by atoms with Crippen LogP contribution in [0.2, 0.25) is 0 Å². The molecule has 1 heterocycles. The maximum absolute atomic E-state index is 12.2. The second-order valence-electron chi connectivity index (χ2n) is 6.50. The first-order chi connectivity index (χ1) is 12.6. The van der Waals surface area contributed by atoms with E-state index in [0.29, 0.717) is 25.1 Å². The lowest BCUT2D eigenvalue weighted by Gasteiger charge is -2.16. The third-order valence-electron chi connectivity index (χ3n) is 4.71. The molecule has 0 radical (unpaired) electrons. The molecule has 1 aliphatic rings. The number of ether oxygens (including phenoxy) is 1. The number of amides is 2. The lowest BCUT2D eigenvalue weighted by Crippen LogP contribution is -2.28. The summed E-state index contributed by atoms with van der Waals surface area (Å²) >= 11 is 0. The minimum atomic E-state index is -0.145. The van der Waals surface area contributed by atoms with E-state index in [2.05, 4.69) is 5.32 Å². The minimum Gasteiger partial charge on any atom is -0.491 e. The third kappa shape index (κ3) is 4.04. The lowest BCUT2D eigenvalue weighted by molar-refractivity contribution is -0.117. The molecule has 0 atom stereocenters. The average Bonchev–Trinajstić information content (AvgIpc) is 3.08. The van der Waals surface area contributed by atoms with Gasteiger partial charge < -0.3 is 15.0 Å². The van der Waals surface area contributed by atoms with Gasteiger partial charge in [0, 0.05) is 24.2 Å². The van der Waals surface area contributed by atoms with Crippen molar-refractivity contribution in [2.24, 2.45) is 0 Å². The summed E-state index contributed by atoms with van der Waals surface area (Å²) in [6, 6.07) is 13.1. The van der Waals surface area contributed by atoms with E-state index < -0.39 is 0 Å². The van der Waals surface area contributed by atoms with E-state index >= 15 is 0 Å². The van der Waals surface area contributed by atoms with Crippen molar-refractivity contribution in [1.82, 2.24) is 5.32 Å². The van der Waals surface area contributed by atoms with Crippen molar-refractivity contribution in [2.45, 2.75) is 26.7 Å². The van der Waals surface area contributed by atoms with Crippen LogP contribution in [0.25, 0.3) is 0 Å². The van der Waals surface area contributed by atoms with Gasteiger partial charge in [0.15, 0.2) is 0 Å². The third-order valence-corrected chi connectivity index (χ3v) is 4.71. The Bertz CT molecular complexity index is 799. The maximum Gasteiger partial charge on any atom is 0.251 e. The van der Waals surface area contributed by atoms with Crippen LogP contribution >= 0.6 is 0 Å². The Morgan fingerprint density at radius 1 is 1.15 bits per heavy atom. The molecule has 3 rings (SSSR count). The molecule has 0 aromatic heterocycles. The Hall–Kier alpha value is -2.82. The summed E-state index contributed by atoms with van der Waals surface area (Å²) in [5.74, 6) is 0.846. The van der Waals surface area contributed by atoms with E-state index in [9.17, 15) is 9.59 Å². The number of carbonyl (C=O) groups excluding carboxylic acids is 2. The first kappa shape index (κ1) is 18.0. The normalized spacial score (nSPS) is 13.8. The molecular formula is C21H24N2O3. The van der Waals surface area contributed by atoms with Crippen LogP contribution in [0, 0.1) is 13.8 Å². The first-order valence-electron chi connectivity index (χ1n) is 8.94. The highest BCUT2D eigenvalue weighted by Gasteiger charge is 2.21. The Balaban J connectivity index is 1.49. The Kier molecular flexibility index (Phi) is 5.56. The molecule has 0 unspecified atom stereocenters. The van der Waals surface area contributed by atoms with Crippen LogP contribution in [0.1, 0.15) is 34.3 Å². The molecule has 1 N–H and O–H groups in total. The van der Waals surface area contributed by atoms with Gasteiger partial charge in [-0.15, -0.1) is 0 Å². The lowest BCUT2D eigenvalue weighted by atomic mass is 10.1. The average molecular weight is 352 g/mol. The van der Waals surface area contributed by atoms with Crippen LogP contribution in [-0.2, 0) is 4.79 Å². The van der Waals surface area contributed by atoms with Gasteiger partial charge in [-0.3, -0.25) is 9.59 Å². The molecule has 136 valence electrons. The van der Waals surface area contributed by atoms with Crippen molar-refractivity contribution >= 4 is 17.5 Å². The molecule has 5 nitrogen and oxygen atoms in total. The molecule has 1 fully saturated rings. The molecule has 26 heavy (non-hydrogen) atoms. The van der Waals surface area contributed by atoms with Crippen molar-refractivity contribution in [3.05, 3.63) is 59.2 Å². The van der Waals surface area contributed by atoms with Crippen LogP contribution < -0.4 is 15.0 Å². The van der Waals surface area contributed by atoms with Crippen LogP contribution in [0.4, 0.5) is 5.69 Å². The van der Waals surface area contributed by atoms with E-state index in [1.165, 1.54) is 5.56 Å². The molecule has 0 aliphatic carbocycles. The first-order valence-corrected chi connectivity index (χ1v) is 8.94. The molecule has 2 aromatic carbocycles. The summed E-state index contributed by atoms with van der Waals surface area (Å²) in [6.45, 7) is 5.66. The van der Waals surface area contributed by atoms with Crippen LogP contribution in [0.3, 0.4) is 0 Å². The van der Waals surface area contributed by atoms with E-state index in [4.69, 9.17) is 4.74 Å². The molecule has 0 saturated carbocycles. The number of nitrogens with zero attached hydrogens (tertiary/aromatic N) is 1. The van der Waals surface area contributed by atoms with E-state index in [0.717, 1.165) is 30.0 Å². The zero-order chi connectivity index (χ0) is 18.5. The Morgan fingerprint density at radius 2 is 1.92 bits per heavy atom. The van der Waals surface area contributed by atoms with Crippen molar-refractivity contribution in [1.29, 1.82) is 0 Å². The van der Waals surface area contributed by atoms with E-state index in [1.807, 2.05) is 44.2 Å². The standard InChI is InChI=1S/C21H24N2O3/c1-15-5-3-6-19(16(15)2)26-14-12-22-21(25)17-8-10-18(11-9-17)23-13-4-7-20(23)24/h3,5-6,8-11H,4,7,12-14H2,1-2H3,(H,22,25). The summed E-state index contributed by atoms with van der Waals surface area (Å²) in [4.78, 5) is 25.8. The van der Waals surface area contributed by atoms with Gasteiger partial charge in [0.05, 0.1) is 6.54 Å². The summed E-state index contributed by atoms with van der Waals surface area (Å²) < 4.78 is 5.74. The fourth-order valence-electron chi connectivity index (χ4n) is 3.02. The fraction of sp³-hybridized carbons (Fsp3) is 0.333. The molecule has 2 aromatic rings. The molecular weight excluding hydrogens is 328 g/mol. The quantitative estimate of drug-likeness (QED) is 0.812. The van der Waals surface area contributed by atoms with Crippen molar-refractivity contribution < 1.29 is 14.3 Å². The number of aryl methyl sites for hydroxylation is 1. The summed E-state index contributed by atoms with van der Waals surface area (Å²) in [6.07, 6.45) is 1.49. The predicted octanol–water partition coefficient (Wildman–Crippen LogP) is 3.24. The van der Waals surface area contributed by atoms with Gasteiger partial charge in [-0.05, 0) is 61.7 Å². The zero-order valence-electron chi connectivity index (χ0n) is 15.2. The predicted molar refractivity (Wildman–Crippen MR) is 102 cm³/mol. The Morgan fingerprint density at radius 3 is 2.62 bits per heavy atom. The van der Waals surface area contributed by atoms with Crippen LogP contribution in [0.5, 0.6) is 5.75 Å². The highest BCUT2D eigenvalue weighted by molar-refractivity contribution is 5.97. The van der Waals surface area contributed by atoms with Crippen LogP contribution in [-0.4, -0.2) is 31.5 Å². The summed E-state index contributed by atoms with van der Waals surface area (Å²) in [5.41, 5.74) is 3.73. The van der Waals surface area contributed by atoms with E-state index in [-0.39, 0.29) is 11.8 Å². The SMILES string of the molecule is Cc1cccc(OCCNC(=O)c2ccc(N3CCCC3=O)cc2)c1C. The number of carbonyl (C=O) groups is 2. The van der Waals surface area contributed by atoms with Gasteiger partial charge in [-0.2, -0.15) is 0 Å². The van der Waals surface area contributed by atoms with Crippen molar-refractivity contribution in [3.63, 3.8) is 0 Å². The topological polar surface area (TPSA) is 58.6 Å². The fourth-order valence-corrected chi connectivity index (χ4v) is 3.02. The number of benzene rings is 2. The molecule has 0 bridgehead atoms. The minimum absolute atomic E-state index is 0.144. The number of rotatable bonds is 6. The monoisotopic (exact) mass is 352 g/mol. The number of hydrogen-bond donors (Lipinski definition) is 1. The largest absolute Gasteiger partial charge is 0.491 e. The van der Waals surface area contributed by atoms with Gasteiger partial charge in [-0.25, -0.2) is 0 Å². The Labute approximate surface area is 154 Å². The van der Waals surface area contributed by atoms with Gasteiger partial charge in [-0.1, -0.05) is 12.1 Å². The molecule has 2 amide bonds. The summed E-state index contributed by atoms with van der Waals surface area (Å²) in [5, 5.41) is 2.86. The highest BCUT2D eigenvalue weighted by atomic mass is 16.5. The van der Waals surface area contributed by atoms with Crippen molar-refractivity contribution in [3.8, 4) is 5.75 Å². The van der Waals surface area contributed by atoms with Crippen LogP contribution in [0.15, 0.2) is 42.5 Å². The zero-order valence-corrected chi connectivity index (χ0v) is 15.2. The number of anilines is 1. The summed E-state index contributed by atoms with van der Waals surface area (Å²) in [7, 11) is 0.